The van der Waals surface area contributed by atoms with Gasteiger partial charge in [0.15, 0.2) is 0 Å². The van der Waals surface area contributed by atoms with E-state index in [4.69, 9.17) is 0 Å². The molecule has 100 valence electrons. The lowest BCUT2D eigenvalue weighted by molar-refractivity contribution is 0.165. The van der Waals surface area contributed by atoms with Crippen LogP contribution in [0.3, 0.4) is 0 Å². The first kappa shape index (κ1) is 15.2. The molecule has 0 radical (unpaired) electrons. The van der Waals surface area contributed by atoms with Gasteiger partial charge in [0, 0.05) is 11.8 Å². The van der Waals surface area contributed by atoms with Crippen molar-refractivity contribution in [2.75, 3.05) is 12.9 Å². The molecular weight excluding hydrogens is 266 g/mol. The molecule has 0 aliphatic carbocycles. The number of hydrogen-bond donors (Lipinski definition) is 2. The van der Waals surface area contributed by atoms with Crippen LogP contribution in [0.15, 0.2) is 30.3 Å². The fourth-order valence-electron chi connectivity index (χ4n) is 1.69. The van der Waals surface area contributed by atoms with Crippen LogP contribution in [0.5, 0.6) is 0 Å². The Morgan fingerprint density at radius 3 is 2.72 bits per heavy atom. The van der Waals surface area contributed by atoms with E-state index in [0.717, 1.165) is 25.0 Å². The zero-order valence-corrected chi connectivity index (χ0v) is 12.2. The zero-order valence-electron chi connectivity index (χ0n) is 10.5. The number of nitrogens with one attached hydrogen (secondary N) is 1. The number of thiol groups is 1. The molecule has 0 fully saturated rings. The van der Waals surface area contributed by atoms with Gasteiger partial charge in [-0.2, -0.15) is 0 Å². The maximum absolute atomic E-state index is 11.2. The molecule has 0 saturated carbocycles. The van der Waals surface area contributed by atoms with Crippen LogP contribution in [0.2, 0.25) is 0 Å². The van der Waals surface area contributed by atoms with Crippen LogP contribution in [0.4, 0.5) is 4.79 Å². The molecule has 1 N–H and O–H groups in total. The number of ether oxygens (including phenoxy) is 1. The maximum atomic E-state index is 11.2. The van der Waals surface area contributed by atoms with Crippen molar-refractivity contribution in [3.8, 4) is 0 Å². The molecule has 1 aromatic carbocycles. The molecule has 0 aromatic heterocycles. The highest BCUT2D eigenvalue weighted by Crippen LogP contribution is 2.13. The molecule has 1 rings (SSSR count). The maximum Gasteiger partial charge on any atom is 0.407 e. The second-order valence-electron chi connectivity index (χ2n) is 3.98. The summed E-state index contributed by atoms with van der Waals surface area (Å²) in [5.74, 6) is 0.909. The summed E-state index contributed by atoms with van der Waals surface area (Å²) in [4.78, 5) is 11.2. The SMILES string of the molecule is COC(=O)N[C@@H](CCSS)CCc1ccccc1. The van der Waals surface area contributed by atoms with Crippen LogP contribution in [0.1, 0.15) is 18.4 Å². The molecule has 0 bridgehead atoms. The van der Waals surface area contributed by atoms with Crippen molar-refractivity contribution < 1.29 is 9.53 Å². The quantitative estimate of drug-likeness (QED) is 0.596. The Balaban J connectivity index is 2.42. The van der Waals surface area contributed by atoms with Gasteiger partial charge in [0.25, 0.3) is 0 Å². The first-order valence-corrected chi connectivity index (χ1v) is 7.95. The van der Waals surface area contributed by atoms with E-state index in [2.05, 4.69) is 33.8 Å². The van der Waals surface area contributed by atoms with Crippen LogP contribution >= 0.6 is 22.5 Å². The number of aryl methyl sites for hydroxylation is 1. The molecular formula is C13H19NO2S2. The van der Waals surface area contributed by atoms with Crippen LogP contribution in [-0.4, -0.2) is 25.0 Å². The Morgan fingerprint density at radius 1 is 1.39 bits per heavy atom. The fraction of sp³-hybridized carbons (Fsp3) is 0.462. The van der Waals surface area contributed by atoms with E-state index in [0.29, 0.717) is 0 Å². The first-order chi connectivity index (χ1) is 8.76. The Kier molecular flexibility index (Phi) is 7.76. The average Bonchev–Trinajstić information content (AvgIpc) is 2.42. The number of methoxy groups -OCH3 is 1. The number of alkyl carbamates (subject to hydrolysis) is 1. The monoisotopic (exact) mass is 285 g/mol. The molecule has 1 aromatic rings. The molecule has 0 aliphatic heterocycles. The second kappa shape index (κ2) is 9.16. The number of carbonyl (C=O) groups excluding carboxylic acids is 1. The second-order valence-corrected chi connectivity index (χ2v) is 5.42. The smallest absolute Gasteiger partial charge is 0.407 e. The zero-order chi connectivity index (χ0) is 13.2. The third kappa shape index (κ3) is 6.21. The standard InChI is InChI=1S/C13H19NO2S2/c1-16-13(15)14-12(9-10-18-17)8-7-11-5-3-2-4-6-11/h2-6,12,17H,7-10H2,1H3,(H,14,15)/t12-/m1/s1. The molecule has 18 heavy (non-hydrogen) atoms. The lowest BCUT2D eigenvalue weighted by Crippen LogP contribution is -2.35. The van der Waals surface area contributed by atoms with Crippen LogP contribution in [0.25, 0.3) is 0 Å². The summed E-state index contributed by atoms with van der Waals surface area (Å²) in [5.41, 5.74) is 1.28. The van der Waals surface area contributed by atoms with E-state index in [1.54, 1.807) is 0 Å². The lowest BCUT2D eigenvalue weighted by atomic mass is 10.0. The lowest BCUT2D eigenvalue weighted by Gasteiger charge is -2.17. The third-order valence-corrected chi connectivity index (χ3v) is 3.66. The number of benzene rings is 1. The minimum absolute atomic E-state index is 0.136. The van der Waals surface area contributed by atoms with E-state index < -0.39 is 0 Å². The van der Waals surface area contributed by atoms with Gasteiger partial charge < -0.3 is 10.1 Å². The summed E-state index contributed by atoms with van der Waals surface area (Å²) in [6.45, 7) is 0. The predicted octanol–water partition coefficient (Wildman–Crippen LogP) is 3.31. The topological polar surface area (TPSA) is 38.3 Å². The number of carbonyl (C=O) groups is 1. The summed E-state index contributed by atoms with van der Waals surface area (Å²) in [5, 5.41) is 2.86. The van der Waals surface area contributed by atoms with Gasteiger partial charge >= 0.3 is 6.09 Å². The normalized spacial score (nSPS) is 11.9. The summed E-state index contributed by atoms with van der Waals surface area (Å²) >= 11 is 4.12. The van der Waals surface area contributed by atoms with Gasteiger partial charge in [0.1, 0.15) is 0 Å². The van der Waals surface area contributed by atoms with Gasteiger partial charge in [-0.3, -0.25) is 0 Å². The molecule has 0 saturated heterocycles. The van der Waals surface area contributed by atoms with E-state index >= 15 is 0 Å². The highest BCUT2D eigenvalue weighted by atomic mass is 33.1. The van der Waals surface area contributed by atoms with Crippen LogP contribution in [0, 0.1) is 0 Å². The van der Waals surface area contributed by atoms with Crippen LogP contribution < -0.4 is 5.32 Å². The van der Waals surface area contributed by atoms with Gasteiger partial charge in [-0.1, -0.05) is 41.1 Å². The van der Waals surface area contributed by atoms with Gasteiger partial charge in [-0.05, 0) is 24.8 Å². The largest absolute Gasteiger partial charge is 0.453 e. The van der Waals surface area contributed by atoms with E-state index in [-0.39, 0.29) is 12.1 Å². The van der Waals surface area contributed by atoms with Gasteiger partial charge in [0.2, 0.25) is 0 Å². The summed E-state index contributed by atoms with van der Waals surface area (Å²) in [7, 11) is 2.87. The average molecular weight is 285 g/mol. The van der Waals surface area contributed by atoms with Gasteiger partial charge in [-0.25, -0.2) is 4.79 Å². The van der Waals surface area contributed by atoms with Crippen LogP contribution in [-0.2, 0) is 11.2 Å². The highest BCUT2D eigenvalue weighted by molar-refractivity contribution is 8.68. The minimum Gasteiger partial charge on any atom is -0.453 e. The molecule has 0 aliphatic rings. The fourth-order valence-corrected chi connectivity index (χ4v) is 2.40. The van der Waals surface area contributed by atoms with Gasteiger partial charge in [0.05, 0.1) is 7.11 Å². The van der Waals surface area contributed by atoms with Crippen molar-refractivity contribution in [3.05, 3.63) is 35.9 Å². The summed E-state index contributed by atoms with van der Waals surface area (Å²) in [6, 6.07) is 10.4. The van der Waals surface area contributed by atoms with Crippen molar-refractivity contribution >= 4 is 28.5 Å². The summed E-state index contributed by atoms with van der Waals surface area (Å²) in [6.07, 6.45) is 2.40. The van der Waals surface area contributed by atoms with Gasteiger partial charge in [-0.15, -0.1) is 11.7 Å². The molecule has 5 heteroatoms. The van der Waals surface area contributed by atoms with Crippen molar-refractivity contribution in [1.82, 2.24) is 5.32 Å². The summed E-state index contributed by atoms with van der Waals surface area (Å²) < 4.78 is 4.64. The van der Waals surface area contributed by atoms with Crippen molar-refractivity contribution in [2.45, 2.75) is 25.3 Å². The highest BCUT2D eigenvalue weighted by Gasteiger charge is 2.12. The Labute approximate surface area is 117 Å². The Morgan fingerprint density at radius 2 is 2.11 bits per heavy atom. The molecule has 0 spiro atoms. The Bertz CT molecular complexity index is 346. The van der Waals surface area contributed by atoms with E-state index in [1.807, 2.05) is 18.2 Å². The number of amides is 1. The predicted molar refractivity (Wildman–Crippen MR) is 80.2 cm³/mol. The first-order valence-electron chi connectivity index (χ1n) is 5.91. The molecule has 0 heterocycles. The van der Waals surface area contributed by atoms with Crippen molar-refractivity contribution in [3.63, 3.8) is 0 Å². The minimum atomic E-state index is -0.364. The van der Waals surface area contributed by atoms with E-state index in [1.165, 1.54) is 23.5 Å². The molecule has 1 amide bonds. The van der Waals surface area contributed by atoms with Crippen molar-refractivity contribution in [2.24, 2.45) is 0 Å². The number of rotatable bonds is 7. The third-order valence-electron chi connectivity index (χ3n) is 2.69. The van der Waals surface area contributed by atoms with E-state index in [9.17, 15) is 4.79 Å². The molecule has 0 unspecified atom stereocenters. The molecule has 3 nitrogen and oxygen atoms in total. The number of hydrogen-bond acceptors (Lipinski definition) is 4. The molecule has 1 atom stereocenters. The van der Waals surface area contributed by atoms with Crippen molar-refractivity contribution in [1.29, 1.82) is 0 Å². The Hall–Kier alpha value is -0.810.